The summed E-state index contributed by atoms with van der Waals surface area (Å²) in [5.74, 6) is -0.0975. The summed E-state index contributed by atoms with van der Waals surface area (Å²) >= 11 is 1.49. The predicted molar refractivity (Wildman–Crippen MR) is 91.1 cm³/mol. The zero-order valence-electron chi connectivity index (χ0n) is 12.0. The highest BCUT2D eigenvalue weighted by atomic mass is 32.1. The number of aromatic nitrogens is 3. The van der Waals surface area contributed by atoms with Crippen molar-refractivity contribution in [2.75, 3.05) is 5.32 Å². The molecule has 2 heterocycles. The van der Waals surface area contributed by atoms with E-state index in [2.05, 4.69) is 15.4 Å². The summed E-state index contributed by atoms with van der Waals surface area (Å²) in [5.41, 5.74) is 1.64. The maximum Gasteiger partial charge on any atom is 0.265 e. The van der Waals surface area contributed by atoms with Crippen LogP contribution in [0.4, 0.5) is 5.69 Å². The Kier molecular flexibility index (Phi) is 3.36. The Labute approximate surface area is 136 Å². The lowest BCUT2D eigenvalue weighted by Crippen LogP contribution is -2.10. The number of nitrogens with one attached hydrogen (secondary N) is 1. The van der Waals surface area contributed by atoms with Crippen LogP contribution in [0.15, 0.2) is 67.3 Å². The lowest BCUT2D eigenvalue weighted by molar-refractivity contribution is 0.103. The second-order valence-corrected chi connectivity index (χ2v) is 6.07. The molecule has 0 aliphatic carbocycles. The molecule has 0 unspecified atom stereocenters. The van der Waals surface area contributed by atoms with Crippen LogP contribution in [0, 0.1) is 0 Å². The Bertz CT molecular complexity index is 925. The Balaban J connectivity index is 1.54. The van der Waals surface area contributed by atoms with E-state index in [9.17, 15) is 4.79 Å². The van der Waals surface area contributed by atoms with Gasteiger partial charge in [0.1, 0.15) is 12.7 Å². The van der Waals surface area contributed by atoms with Crippen molar-refractivity contribution in [1.29, 1.82) is 0 Å². The number of amides is 1. The first kappa shape index (κ1) is 13.7. The number of carbonyl (C=O) groups excluding carboxylic acids is 1. The number of anilines is 1. The Hall–Kier alpha value is -2.99. The maximum atomic E-state index is 12.4. The summed E-state index contributed by atoms with van der Waals surface area (Å²) in [6.45, 7) is 0. The van der Waals surface area contributed by atoms with Crippen LogP contribution in [0.5, 0.6) is 0 Å². The zero-order valence-corrected chi connectivity index (χ0v) is 12.8. The second kappa shape index (κ2) is 5.66. The first-order valence-electron chi connectivity index (χ1n) is 7.04. The van der Waals surface area contributed by atoms with E-state index in [-0.39, 0.29) is 5.91 Å². The fraction of sp³-hybridized carbons (Fsp3) is 0. The number of fused-ring (bicyclic) bond motifs is 1. The minimum Gasteiger partial charge on any atom is -0.321 e. The zero-order chi connectivity index (χ0) is 15.6. The van der Waals surface area contributed by atoms with Gasteiger partial charge in [0.15, 0.2) is 0 Å². The van der Waals surface area contributed by atoms with Gasteiger partial charge >= 0.3 is 0 Å². The largest absolute Gasteiger partial charge is 0.321 e. The third-order valence-corrected chi connectivity index (χ3v) is 4.57. The van der Waals surface area contributed by atoms with Gasteiger partial charge < -0.3 is 5.32 Å². The van der Waals surface area contributed by atoms with Gasteiger partial charge in [0.2, 0.25) is 0 Å². The summed E-state index contributed by atoms with van der Waals surface area (Å²) in [4.78, 5) is 17.0. The lowest BCUT2D eigenvalue weighted by atomic mass is 10.2. The average Bonchev–Trinajstić information content (AvgIpc) is 3.25. The number of benzene rings is 2. The molecule has 0 aliphatic rings. The molecule has 4 rings (SSSR count). The smallest absolute Gasteiger partial charge is 0.265 e. The van der Waals surface area contributed by atoms with Gasteiger partial charge in [-0.25, -0.2) is 9.67 Å². The van der Waals surface area contributed by atoms with Crippen molar-refractivity contribution >= 4 is 33.0 Å². The van der Waals surface area contributed by atoms with Gasteiger partial charge in [0.05, 0.1) is 10.6 Å². The van der Waals surface area contributed by atoms with Crippen molar-refractivity contribution in [2.24, 2.45) is 0 Å². The van der Waals surface area contributed by atoms with Gasteiger partial charge in [-0.1, -0.05) is 18.2 Å². The van der Waals surface area contributed by atoms with E-state index in [0.29, 0.717) is 4.88 Å². The maximum absolute atomic E-state index is 12.4. The number of rotatable bonds is 3. The standard InChI is InChI=1S/C17H12N4OS/c22-17(16-9-12-3-1-2-4-15(12)23-16)20-13-5-7-14(8-6-13)21-11-18-10-19-21/h1-11H,(H,20,22). The van der Waals surface area contributed by atoms with Gasteiger partial charge in [-0.05, 0) is 41.8 Å². The normalized spacial score (nSPS) is 10.8. The molecular formula is C17H12N4OS. The van der Waals surface area contributed by atoms with Gasteiger partial charge in [0.25, 0.3) is 5.91 Å². The first-order chi connectivity index (χ1) is 11.3. The Morgan fingerprint density at radius 3 is 2.65 bits per heavy atom. The van der Waals surface area contributed by atoms with E-state index in [1.54, 1.807) is 11.0 Å². The van der Waals surface area contributed by atoms with Crippen LogP contribution < -0.4 is 5.32 Å². The lowest BCUT2D eigenvalue weighted by Gasteiger charge is -2.05. The van der Waals surface area contributed by atoms with Crippen LogP contribution in [0.2, 0.25) is 0 Å². The number of hydrogen-bond donors (Lipinski definition) is 1. The second-order valence-electron chi connectivity index (χ2n) is 4.99. The molecule has 1 amide bonds. The topological polar surface area (TPSA) is 59.8 Å². The fourth-order valence-electron chi connectivity index (χ4n) is 2.33. The molecule has 0 fully saturated rings. The van der Waals surface area contributed by atoms with Gasteiger partial charge in [-0.3, -0.25) is 4.79 Å². The molecule has 0 aliphatic heterocycles. The minimum atomic E-state index is -0.0975. The molecule has 2 aromatic carbocycles. The third-order valence-electron chi connectivity index (χ3n) is 3.46. The van der Waals surface area contributed by atoms with Crippen molar-refractivity contribution in [3.63, 3.8) is 0 Å². The van der Waals surface area contributed by atoms with Gasteiger partial charge in [0, 0.05) is 10.4 Å². The number of hydrogen-bond acceptors (Lipinski definition) is 4. The van der Waals surface area contributed by atoms with Gasteiger partial charge in [-0.15, -0.1) is 11.3 Å². The molecule has 112 valence electrons. The number of thiophene rings is 1. The Morgan fingerprint density at radius 1 is 1.09 bits per heavy atom. The number of carbonyl (C=O) groups is 1. The van der Waals surface area contributed by atoms with Crippen LogP contribution >= 0.6 is 11.3 Å². The molecule has 0 atom stereocenters. The minimum absolute atomic E-state index is 0.0975. The van der Waals surface area contributed by atoms with E-state index >= 15 is 0 Å². The van der Waals surface area contributed by atoms with Crippen LogP contribution in [-0.4, -0.2) is 20.7 Å². The van der Waals surface area contributed by atoms with Crippen molar-refractivity contribution in [2.45, 2.75) is 0 Å². The van der Waals surface area contributed by atoms with Crippen LogP contribution in [-0.2, 0) is 0 Å². The summed E-state index contributed by atoms with van der Waals surface area (Å²) in [6.07, 6.45) is 3.11. The summed E-state index contributed by atoms with van der Waals surface area (Å²) in [7, 11) is 0. The first-order valence-corrected chi connectivity index (χ1v) is 7.86. The van der Waals surface area contributed by atoms with Crippen LogP contribution in [0.3, 0.4) is 0 Å². The molecule has 0 saturated carbocycles. The van der Waals surface area contributed by atoms with E-state index in [0.717, 1.165) is 21.5 Å². The fourth-order valence-corrected chi connectivity index (χ4v) is 3.28. The van der Waals surface area contributed by atoms with Crippen molar-refractivity contribution in [3.05, 3.63) is 72.1 Å². The SMILES string of the molecule is O=C(Nc1ccc(-n2cncn2)cc1)c1cc2ccccc2s1. The monoisotopic (exact) mass is 320 g/mol. The highest BCUT2D eigenvalue weighted by molar-refractivity contribution is 7.20. The predicted octanol–water partition coefficient (Wildman–Crippen LogP) is 3.73. The van der Waals surface area contributed by atoms with Crippen LogP contribution in [0.1, 0.15) is 9.67 Å². The molecule has 23 heavy (non-hydrogen) atoms. The van der Waals surface area contributed by atoms with Gasteiger partial charge in [-0.2, -0.15) is 5.10 Å². The van der Waals surface area contributed by atoms with E-state index in [1.807, 2.05) is 54.6 Å². The summed E-state index contributed by atoms with van der Waals surface area (Å²) < 4.78 is 2.77. The number of nitrogens with zero attached hydrogens (tertiary/aromatic N) is 3. The molecule has 0 radical (unpaired) electrons. The molecule has 5 nitrogen and oxygen atoms in total. The van der Waals surface area contributed by atoms with Crippen molar-refractivity contribution < 1.29 is 4.79 Å². The Morgan fingerprint density at radius 2 is 1.91 bits per heavy atom. The molecule has 0 bridgehead atoms. The van der Waals surface area contributed by atoms with Crippen molar-refractivity contribution in [3.8, 4) is 5.69 Å². The highest BCUT2D eigenvalue weighted by Gasteiger charge is 2.10. The third kappa shape index (κ3) is 2.72. The molecule has 0 spiro atoms. The average molecular weight is 320 g/mol. The van der Waals surface area contributed by atoms with E-state index in [1.165, 1.54) is 17.7 Å². The molecule has 6 heteroatoms. The van der Waals surface area contributed by atoms with E-state index in [4.69, 9.17) is 0 Å². The highest BCUT2D eigenvalue weighted by Crippen LogP contribution is 2.26. The molecule has 2 aromatic heterocycles. The molecular weight excluding hydrogens is 308 g/mol. The molecule has 1 N–H and O–H groups in total. The van der Waals surface area contributed by atoms with Crippen molar-refractivity contribution in [1.82, 2.24) is 14.8 Å². The van der Waals surface area contributed by atoms with Crippen LogP contribution in [0.25, 0.3) is 15.8 Å². The quantitative estimate of drug-likeness (QED) is 0.625. The molecule has 0 saturated heterocycles. The summed E-state index contributed by atoms with van der Waals surface area (Å²) in [6, 6.07) is 17.4. The summed E-state index contributed by atoms with van der Waals surface area (Å²) in [5, 5.41) is 8.07. The molecule has 4 aromatic rings. The van der Waals surface area contributed by atoms with E-state index < -0.39 is 0 Å².